The van der Waals surface area contributed by atoms with Crippen molar-refractivity contribution in [2.75, 3.05) is 19.9 Å². The normalized spacial score (nSPS) is 12.0. The van der Waals surface area contributed by atoms with Gasteiger partial charge in [0.25, 0.3) is 0 Å². The summed E-state index contributed by atoms with van der Waals surface area (Å²) in [5, 5.41) is 8.54. The Morgan fingerprint density at radius 2 is 2.16 bits per heavy atom. The molecule has 0 aliphatic rings. The number of hydrogen-bond donors (Lipinski definition) is 1. The Balaban J connectivity index is 0.00000225. The van der Waals surface area contributed by atoms with Crippen LogP contribution in [-0.4, -0.2) is 39.5 Å². The summed E-state index contributed by atoms with van der Waals surface area (Å²) in [6, 6.07) is 6.21. The van der Waals surface area contributed by atoms with Crippen LogP contribution in [0.25, 0.3) is 16.8 Å². The lowest BCUT2D eigenvalue weighted by Crippen LogP contribution is -2.18. The Labute approximate surface area is 157 Å². The minimum atomic E-state index is 0. The summed E-state index contributed by atoms with van der Waals surface area (Å²) in [6.45, 7) is 5.07. The zero-order valence-corrected chi connectivity index (χ0v) is 16.3. The third-order valence-electron chi connectivity index (χ3n) is 3.87. The first kappa shape index (κ1) is 19.5. The van der Waals surface area contributed by atoms with Crippen LogP contribution >= 0.6 is 24.2 Å². The number of aromatic nitrogens is 4. The number of thioether (sulfide) groups is 1. The molecule has 3 aromatic rings. The average molecular weight is 380 g/mol. The van der Waals surface area contributed by atoms with Crippen molar-refractivity contribution < 1.29 is 4.74 Å². The van der Waals surface area contributed by atoms with E-state index in [4.69, 9.17) is 9.72 Å². The van der Waals surface area contributed by atoms with Gasteiger partial charge >= 0.3 is 0 Å². The number of nitrogens with zero attached hydrogens (tertiary/aromatic N) is 4. The maximum Gasteiger partial charge on any atom is 0.189 e. The number of ether oxygens (including phenoxy) is 1. The fourth-order valence-electron chi connectivity index (χ4n) is 2.64. The number of hydrogen-bond acceptors (Lipinski definition) is 6. The van der Waals surface area contributed by atoms with Crippen molar-refractivity contribution >= 4 is 29.7 Å². The van der Waals surface area contributed by atoms with Gasteiger partial charge in [-0.25, -0.2) is 9.50 Å². The Kier molecular flexibility index (Phi) is 6.64. The van der Waals surface area contributed by atoms with Gasteiger partial charge in [-0.3, -0.25) is 4.98 Å². The van der Waals surface area contributed by atoms with Crippen molar-refractivity contribution in [2.45, 2.75) is 25.0 Å². The minimum Gasteiger partial charge on any atom is -0.494 e. The Morgan fingerprint density at radius 3 is 2.84 bits per heavy atom. The van der Waals surface area contributed by atoms with E-state index in [2.05, 4.69) is 29.2 Å². The molecule has 6 nitrogen and oxygen atoms in total. The van der Waals surface area contributed by atoms with Gasteiger partial charge in [-0.1, -0.05) is 18.7 Å². The average Bonchev–Trinajstić information content (AvgIpc) is 3.09. The Hall–Kier alpha value is -1.83. The smallest absolute Gasteiger partial charge is 0.189 e. The highest BCUT2D eigenvalue weighted by atomic mass is 35.5. The molecule has 0 aliphatic heterocycles. The van der Waals surface area contributed by atoms with Crippen LogP contribution in [0.4, 0.5) is 0 Å². The van der Waals surface area contributed by atoms with E-state index in [9.17, 15) is 0 Å². The highest BCUT2D eigenvalue weighted by Gasteiger charge is 2.15. The molecule has 0 aromatic carbocycles. The van der Waals surface area contributed by atoms with Crippen molar-refractivity contribution in [3.05, 3.63) is 36.3 Å². The van der Waals surface area contributed by atoms with Crippen molar-refractivity contribution in [1.82, 2.24) is 24.9 Å². The summed E-state index contributed by atoms with van der Waals surface area (Å²) in [7, 11) is 1.65. The number of rotatable bonds is 6. The van der Waals surface area contributed by atoms with E-state index in [1.807, 2.05) is 29.0 Å². The molecular formula is C17H22ClN5OS. The fraction of sp³-hybridized carbons (Fsp3) is 0.353. The van der Waals surface area contributed by atoms with E-state index in [0.717, 1.165) is 34.2 Å². The molecule has 1 atom stereocenters. The van der Waals surface area contributed by atoms with Crippen molar-refractivity contribution in [2.24, 2.45) is 0 Å². The molecule has 0 amide bonds. The van der Waals surface area contributed by atoms with Crippen LogP contribution in [-0.2, 0) is 0 Å². The highest BCUT2D eigenvalue weighted by Crippen LogP contribution is 2.32. The quantitative estimate of drug-likeness (QED) is 0.521. The fourth-order valence-corrected chi connectivity index (χ4v) is 3.16. The van der Waals surface area contributed by atoms with Crippen LogP contribution in [0.1, 0.15) is 25.6 Å². The van der Waals surface area contributed by atoms with Crippen LogP contribution in [0.2, 0.25) is 0 Å². The van der Waals surface area contributed by atoms with Crippen molar-refractivity contribution in [3.8, 4) is 17.0 Å². The molecule has 0 saturated heterocycles. The highest BCUT2D eigenvalue weighted by molar-refractivity contribution is 7.98. The van der Waals surface area contributed by atoms with Crippen LogP contribution < -0.4 is 10.1 Å². The van der Waals surface area contributed by atoms with Crippen LogP contribution in [0.15, 0.2) is 35.7 Å². The molecule has 25 heavy (non-hydrogen) atoms. The van der Waals surface area contributed by atoms with Gasteiger partial charge in [-0.15, -0.1) is 12.4 Å². The predicted molar refractivity (Wildman–Crippen MR) is 104 cm³/mol. The van der Waals surface area contributed by atoms with Gasteiger partial charge in [0.15, 0.2) is 5.16 Å². The predicted octanol–water partition coefficient (Wildman–Crippen LogP) is 3.61. The molecule has 1 N–H and O–H groups in total. The molecule has 0 spiro atoms. The third-order valence-corrected chi connectivity index (χ3v) is 4.50. The van der Waals surface area contributed by atoms with Crippen LogP contribution in [0, 0.1) is 0 Å². The molecule has 134 valence electrons. The molecule has 0 unspecified atom stereocenters. The zero-order chi connectivity index (χ0) is 17.1. The lowest BCUT2D eigenvalue weighted by Gasteiger charge is -2.15. The number of nitrogens with one attached hydrogen (secondary N) is 1. The van der Waals surface area contributed by atoms with Gasteiger partial charge < -0.3 is 10.1 Å². The second-order valence-electron chi connectivity index (χ2n) is 5.38. The van der Waals surface area contributed by atoms with Crippen molar-refractivity contribution in [1.29, 1.82) is 0 Å². The van der Waals surface area contributed by atoms with E-state index in [1.165, 1.54) is 0 Å². The van der Waals surface area contributed by atoms with E-state index in [0.29, 0.717) is 5.75 Å². The molecule has 0 fully saturated rings. The summed E-state index contributed by atoms with van der Waals surface area (Å²) >= 11 is 1.56. The topological polar surface area (TPSA) is 64.3 Å². The SMILES string of the molecule is CCN[C@H](C)c1cc(-c2cc3ccnn3c(SC)n2)c(OC)cn1.Cl. The summed E-state index contributed by atoms with van der Waals surface area (Å²) in [5.74, 6) is 0.714. The summed E-state index contributed by atoms with van der Waals surface area (Å²) in [6.07, 6.45) is 5.54. The molecule has 0 bridgehead atoms. The van der Waals surface area contributed by atoms with Gasteiger partial charge in [0.05, 0.1) is 36.4 Å². The lowest BCUT2D eigenvalue weighted by atomic mass is 10.1. The molecule has 0 saturated carbocycles. The molecule has 8 heteroatoms. The largest absolute Gasteiger partial charge is 0.494 e. The molecule has 3 rings (SSSR count). The molecule has 0 radical (unpaired) electrons. The van der Waals surface area contributed by atoms with Gasteiger partial charge in [0.1, 0.15) is 5.75 Å². The second kappa shape index (κ2) is 8.51. The third kappa shape index (κ3) is 3.89. The summed E-state index contributed by atoms with van der Waals surface area (Å²) < 4.78 is 7.35. The zero-order valence-electron chi connectivity index (χ0n) is 14.7. The van der Waals surface area contributed by atoms with Gasteiger partial charge in [0, 0.05) is 11.6 Å². The Bertz CT molecular complexity index is 854. The van der Waals surface area contributed by atoms with Gasteiger partial charge in [0.2, 0.25) is 0 Å². The number of methoxy groups -OCH3 is 1. The summed E-state index contributed by atoms with van der Waals surface area (Å²) in [4.78, 5) is 9.26. The number of fused-ring (bicyclic) bond motifs is 1. The molecule has 3 heterocycles. The van der Waals surface area contributed by atoms with Gasteiger partial charge in [-0.05, 0) is 37.9 Å². The molecular weight excluding hydrogens is 358 g/mol. The minimum absolute atomic E-state index is 0. The van der Waals surface area contributed by atoms with Crippen molar-refractivity contribution in [3.63, 3.8) is 0 Å². The first-order chi connectivity index (χ1) is 11.7. The molecule has 0 aliphatic carbocycles. The second-order valence-corrected chi connectivity index (χ2v) is 6.16. The van der Waals surface area contributed by atoms with E-state index in [-0.39, 0.29) is 18.4 Å². The van der Waals surface area contributed by atoms with Crippen LogP contribution in [0.3, 0.4) is 0 Å². The maximum absolute atomic E-state index is 5.51. The first-order valence-electron chi connectivity index (χ1n) is 7.84. The number of halogens is 1. The summed E-state index contributed by atoms with van der Waals surface area (Å²) in [5.41, 5.74) is 3.76. The van der Waals surface area contributed by atoms with E-state index < -0.39 is 0 Å². The monoisotopic (exact) mass is 379 g/mol. The maximum atomic E-state index is 5.51. The van der Waals surface area contributed by atoms with Gasteiger partial charge in [-0.2, -0.15) is 5.10 Å². The van der Waals surface area contributed by atoms with E-state index >= 15 is 0 Å². The Morgan fingerprint density at radius 1 is 1.36 bits per heavy atom. The standard InChI is InChI=1S/C17H21N5OS.ClH/c1-5-18-11(2)14-9-13(16(23-3)10-19-14)15-8-12-6-7-20-22(12)17(21-15)24-4;/h6-11,18H,5H2,1-4H3;1H/t11-;/m1./s1. The van der Waals surface area contributed by atoms with Crippen LogP contribution in [0.5, 0.6) is 5.75 Å². The first-order valence-corrected chi connectivity index (χ1v) is 9.06. The van der Waals surface area contributed by atoms with E-state index in [1.54, 1.807) is 31.3 Å². The molecule has 3 aromatic heterocycles. The number of pyridine rings is 1. The lowest BCUT2D eigenvalue weighted by molar-refractivity contribution is 0.413.